The maximum absolute atomic E-state index is 13.5. The molecular weight excluding hydrogens is 300 g/mol. The van der Waals surface area contributed by atoms with E-state index in [0.717, 1.165) is 18.4 Å². The lowest BCUT2D eigenvalue weighted by molar-refractivity contribution is 0.345. The average molecular weight is 318 g/mol. The van der Waals surface area contributed by atoms with Gasteiger partial charge in [0.1, 0.15) is 11.6 Å². The van der Waals surface area contributed by atoms with Crippen molar-refractivity contribution in [1.82, 2.24) is 0 Å². The highest BCUT2D eigenvalue weighted by Crippen LogP contribution is 2.27. The van der Waals surface area contributed by atoms with Crippen molar-refractivity contribution < 1.29 is 8.78 Å². The Bertz CT molecular complexity index is 403. The molecule has 1 nitrogen and oxygen atoms in total. The van der Waals surface area contributed by atoms with Gasteiger partial charge in [-0.3, -0.25) is 0 Å². The van der Waals surface area contributed by atoms with Gasteiger partial charge >= 0.3 is 0 Å². The van der Waals surface area contributed by atoms with Crippen LogP contribution in [-0.2, 0) is 0 Å². The first kappa shape index (κ1) is 13.8. The lowest BCUT2D eigenvalue weighted by Gasteiger charge is -2.21. The summed E-state index contributed by atoms with van der Waals surface area (Å²) in [5.41, 5.74) is 0.256. The zero-order valence-electron chi connectivity index (χ0n) is 10.3. The first-order valence-electron chi connectivity index (χ1n) is 6.55. The van der Waals surface area contributed by atoms with E-state index in [1.807, 2.05) is 0 Å². The Kier molecular flexibility index (Phi) is 4.98. The fraction of sp³-hybridized carbons (Fsp3) is 0.571. The van der Waals surface area contributed by atoms with E-state index in [2.05, 4.69) is 21.2 Å². The van der Waals surface area contributed by atoms with Gasteiger partial charge in [-0.1, -0.05) is 32.1 Å². The zero-order chi connectivity index (χ0) is 13.0. The van der Waals surface area contributed by atoms with Gasteiger partial charge < -0.3 is 5.32 Å². The third-order valence-electron chi connectivity index (χ3n) is 3.60. The Hall–Kier alpha value is -0.640. The number of hydrogen-bond acceptors (Lipinski definition) is 1. The van der Waals surface area contributed by atoms with Crippen LogP contribution in [-0.4, -0.2) is 6.54 Å². The summed E-state index contributed by atoms with van der Waals surface area (Å²) in [5, 5.41) is 2.99. The highest BCUT2D eigenvalue weighted by Gasteiger charge is 2.13. The molecule has 1 aromatic rings. The van der Waals surface area contributed by atoms with Gasteiger partial charge in [0.25, 0.3) is 0 Å². The van der Waals surface area contributed by atoms with Gasteiger partial charge in [0.2, 0.25) is 0 Å². The van der Waals surface area contributed by atoms with E-state index < -0.39 is 11.6 Å². The van der Waals surface area contributed by atoms with Crippen LogP contribution in [0.1, 0.15) is 38.5 Å². The first-order chi connectivity index (χ1) is 8.66. The lowest BCUT2D eigenvalue weighted by Crippen LogP contribution is -2.12. The van der Waals surface area contributed by atoms with E-state index in [4.69, 9.17) is 0 Å². The molecule has 0 atom stereocenters. The Morgan fingerprint density at radius 1 is 1.11 bits per heavy atom. The normalized spacial score (nSPS) is 16.8. The van der Waals surface area contributed by atoms with Crippen molar-refractivity contribution >= 4 is 21.6 Å². The molecule has 2 rings (SSSR count). The highest BCUT2D eigenvalue weighted by molar-refractivity contribution is 9.10. The van der Waals surface area contributed by atoms with Gasteiger partial charge in [-0.05, 0) is 34.3 Å². The minimum absolute atomic E-state index is 0.165. The molecule has 4 heteroatoms. The second-order valence-corrected chi connectivity index (χ2v) is 5.82. The van der Waals surface area contributed by atoms with Crippen molar-refractivity contribution in [1.29, 1.82) is 0 Å². The minimum Gasteiger partial charge on any atom is -0.383 e. The lowest BCUT2D eigenvalue weighted by atomic mass is 9.87. The van der Waals surface area contributed by atoms with Gasteiger partial charge in [-0.15, -0.1) is 0 Å². The van der Waals surface area contributed by atoms with E-state index in [-0.39, 0.29) is 10.2 Å². The predicted octanol–water partition coefficient (Wildman–Crippen LogP) is 5.11. The summed E-state index contributed by atoms with van der Waals surface area (Å²) in [6, 6.07) is 2.37. The number of rotatable bonds is 4. The molecule has 1 fully saturated rings. The van der Waals surface area contributed by atoms with E-state index in [1.165, 1.54) is 38.2 Å². The highest BCUT2D eigenvalue weighted by atomic mass is 79.9. The van der Waals surface area contributed by atoms with Crippen LogP contribution in [0.25, 0.3) is 0 Å². The standard InChI is InChI=1S/C14H18BrF2N/c15-11-8-13(17)14(9-12(11)16)18-7-6-10-4-2-1-3-5-10/h8-10,18H,1-7H2. The average Bonchev–Trinajstić information content (AvgIpc) is 2.37. The summed E-state index contributed by atoms with van der Waals surface area (Å²) in [5.74, 6) is -0.0990. The zero-order valence-corrected chi connectivity index (χ0v) is 11.9. The summed E-state index contributed by atoms with van der Waals surface area (Å²) in [6.07, 6.45) is 7.56. The van der Waals surface area contributed by atoms with Crippen LogP contribution in [0.15, 0.2) is 16.6 Å². The molecule has 0 aromatic heterocycles. The van der Waals surface area contributed by atoms with E-state index >= 15 is 0 Å². The van der Waals surface area contributed by atoms with Crippen molar-refractivity contribution in [3.63, 3.8) is 0 Å². The van der Waals surface area contributed by atoms with Crippen LogP contribution < -0.4 is 5.32 Å². The van der Waals surface area contributed by atoms with Crippen molar-refractivity contribution in [2.45, 2.75) is 38.5 Å². The van der Waals surface area contributed by atoms with Crippen LogP contribution in [0.3, 0.4) is 0 Å². The van der Waals surface area contributed by atoms with Gasteiger partial charge in [0.15, 0.2) is 0 Å². The molecular formula is C14H18BrF2N. The summed E-state index contributed by atoms with van der Waals surface area (Å²) in [6.45, 7) is 0.711. The van der Waals surface area contributed by atoms with E-state index in [1.54, 1.807) is 0 Å². The summed E-state index contributed by atoms with van der Waals surface area (Å²) >= 11 is 2.97. The Morgan fingerprint density at radius 3 is 2.56 bits per heavy atom. The molecule has 1 aliphatic rings. The molecule has 0 spiro atoms. The maximum Gasteiger partial charge on any atom is 0.147 e. The van der Waals surface area contributed by atoms with Crippen molar-refractivity contribution in [3.8, 4) is 0 Å². The van der Waals surface area contributed by atoms with Gasteiger partial charge in [-0.25, -0.2) is 8.78 Å². The van der Waals surface area contributed by atoms with E-state index in [0.29, 0.717) is 6.54 Å². The smallest absolute Gasteiger partial charge is 0.147 e. The fourth-order valence-electron chi connectivity index (χ4n) is 2.54. The molecule has 1 N–H and O–H groups in total. The summed E-state index contributed by atoms with van der Waals surface area (Å²) < 4.78 is 27.0. The number of benzene rings is 1. The largest absolute Gasteiger partial charge is 0.383 e. The second-order valence-electron chi connectivity index (χ2n) is 4.97. The number of nitrogens with one attached hydrogen (secondary N) is 1. The molecule has 0 unspecified atom stereocenters. The molecule has 0 heterocycles. The quantitative estimate of drug-likeness (QED) is 0.761. The minimum atomic E-state index is -0.434. The third-order valence-corrected chi connectivity index (χ3v) is 4.21. The van der Waals surface area contributed by atoms with Gasteiger partial charge in [-0.2, -0.15) is 0 Å². The molecule has 0 amide bonds. The number of halogens is 3. The second kappa shape index (κ2) is 6.50. The molecule has 1 saturated carbocycles. The van der Waals surface area contributed by atoms with Crippen molar-refractivity contribution in [2.24, 2.45) is 5.92 Å². The van der Waals surface area contributed by atoms with Crippen LogP contribution in [0, 0.1) is 17.6 Å². The van der Waals surface area contributed by atoms with Crippen molar-refractivity contribution in [2.75, 3.05) is 11.9 Å². The number of hydrogen-bond donors (Lipinski definition) is 1. The Balaban J connectivity index is 1.84. The topological polar surface area (TPSA) is 12.0 Å². The van der Waals surface area contributed by atoms with Crippen LogP contribution >= 0.6 is 15.9 Å². The molecule has 1 aliphatic carbocycles. The maximum atomic E-state index is 13.5. The molecule has 100 valence electrons. The molecule has 1 aromatic carbocycles. The van der Waals surface area contributed by atoms with E-state index in [9.17, 15) is 8.78 Å². The Labute approximate surface area is 115 Å². The SMILES string of the molecule is Fc1cc(NCCC2CCCCC2)c(F)cc1Br. The molecule has 0 saturated heterocycles. The molecule has 0 aliphatic heterocycles. The predicted molar refractivity (Wildman–Crippen MR) is 73.7 cm³/mol. The number of anilines is 1. The molecule has 0 bridgehead atoms. The summed E-state index contributed by atoms with van der Waals surface area (Å²) in [4.78, 5) is 0. The monoisotopic (exact) mass is 317 g/mol. The van der Waals surface area contributed by atoms with Crippen molar-refractivity contribution in [3.05, 3.63) is 28.2 Å². The Morgan fingerprint density at radius 2 is 1.83 bits per heavy atom. The van der Waals surface area contributed by atoms with Crippen LogP contribution in [0.5, 0.6) is 0 Å². The first-order valence-corrected chi connectivity index (χ1v) is 7.34. The molecule has 18 heavy (non-hydrogen) atoms. The fourth-order valence-corrected chi connectivity index (χ4v) is 2.86. The van der Waals surface area contributed by atoms with Gasteiger partial charge in [0.05, 0.1) is 10.2 Å². The third kappa shape index (κ3) is 3.67. The summed E-state index contributed by atoms with van der Waals surface area (Å²) in [7, 11) is 0. The van der Waals surface area contributed by atoms with Crippen LogP contribution in [0.4, 0.5) is 14.5 Å². The van der Waals surface area contributed by atoms with Crippen LogP contribution in [0.2, 0.25) is 0 Å². The molecule has 0 radical (unpaired) electrons. The van der Waals surface area contributed by atoms with Gasteiger partial charge in [0, 0.05) is 12.6 Å².